The van der Waals surface area contributed by atoms with Crippen LogP contribution >= 0.6 is 11.8 Å². The molecule has 4 heteroatoms. The van der Waals surface area contributed by atoms with Gasteiger partial charge in [-0.05, 0) is 30.5 Å². The average molecular weight is 235 g/mol. The topological polar surface area (TPSA) is 31.4 Å². The summed E-state index contributed by atoms with van der Waals surface area (Å²) in [6.45, 7) is 0. The molecule has 0 radical (unpaired) electrons. The van der Waals surface area contributed by atoms with Gasteiger partial charge in [0, 0.05) is 5.39 Å². The first kappa shape index (κ1) is 11.1. The summed E-state index contributed by atoms with van der Waals surface area (Å²) in [5, 5.41) is 1.94. The molecule has 0 N–H and O–H groups in total. The van der Waals surface area contributed by atoms with Crippen molar-refractivity contribution in [2.24, 2.45) is 0 Å². The fourth-order valence-corrected chi connectivity index (χ4v) is 1.99. The highest BCUT2D eigenvalue weighted by Crippen LogP contribution is 2.32. The van der Waals surface area contributed by atoms with Gasteiger partial charge in [-0.1, -0.05) is 0 Å². The van der Waals surface area contributed by atoms with E-state index in [-0.39, 0.29) is 0 Å². The third kappa shape index (κ3) is 1.80. The Balaban J connectivity index is 2.74. The van der Waals surface area contributed by atoms with Crippen LogP contribution < -0.4 is 9.47 Å². The van der Waals surface area contributed by atoms with Gasteiger partial charge in [-0.15, -0.1) is 11.8 Å². The number of hydrogen-bond donors (Lipinski definition) is 0. The molecule has 2 aromatic rings. The number of fused-ring (bicyclic) bond motifs is 1. The zero-order chi connectivity index (χ0) is 11.5. The highest BCUT2D eigenvalue weighted by atomic mass is 32.2. The van der Waals surface area contributed by atoms with Crippen LogP contribution in [0.2, 0.25) is 0 Å². The molecule has 1 aromatic carbocycles. The van der Waals surface area contributed by atoms with Crippen LogP contribution in [0.1, 0.15) is 0 Å². The zero-order valence-electron chi connectivity index (χ0n) is 9.48. The van der Waals surface area contributed by atoms with E-state index in [9.17, 15) is 0 Å². The summed E-state index contributed by atoms with van der Waals surface area (Å²) in [7, 11) is 3.30. The Hall–Kier alpha value is -1.42. The Kier molecular flexibility index (Phi) is 3.19. The number of nitrogens with zero attached hydrogens (tertiary/aromatic N) is 1. The lowest BCUT2D eigenvalue weighted by Crippen LogP contribution is -1.92. The molecule has 0 bridgehead atoms. The summed E-state index contributed by atoms with van der Waals surface area (Å²) in [6, 6.07) is 7.75. The first-order chi connectivity index (χ1) is 7.80. The van der Waals surface area contributed by atoms with Crippen molar-refractivity contribution >= 4 is 22.7 Å². The third-order valence-electron chi connectivity index (χ3n) is 2.40. The zero-order valence-corrected chi connectivity index (χ0v) is 10.3. The van der Waals surface area contributed by atoms with E-state index in [0.29, 0.717) is 0 Å². The first-order valence-corrected chi connectivity index (χ1v) is 6.08. The molecule has 0 unspecified atom stereocenters. The molecular formula is C12H13NO2S. The van der Waals surface area contributed by atoms with Crippen molar-refractivity contribution in [3.8, 4) is 11.5 Å². The predicted molar refractivity (Wildman–Crippen MR) is 66.6 cm³/mol. The largest absolute Gasteiger partial charge is 0.496 e. The van der Waals surface area contributed by atoms with Crippen molar-refractivity contribution in [3.05, 3.63) is 24.3 Å². The molecule has 0 aliphatic carbocycles. The fraction of sp³-hybridized carbons (Fsp3) is 0.250. The van der Waals surface area contributed by atoms with Gasteiger partial charge in [0.05, 0.1) is 19.2 Å². The standard InChI is InChI=1S/C12H13NO2S/c1-14-9-5-6-10(15-2)12-8(9)4-7-11(13-12)16-3/h4-7H,1-3H3. The second-order valence-electron chi connectivity index (χ2n) is 3.22. The third-order valence-corrected chi connectivity index (χ3v) is 3.05. The monoisotopic (exact) mass is 235 g/mol. The van der Waals surface area contributed by atoms with Gasteiger partial charge in [-0.25, -0.2) is 4.98 Å². The van der Waals surface area contributed by atoms with Crippen molar-refractivity contribution in [3.63, 3.8) is 0 Å². The van der Waals surface area contributed by atoms with Gasteiger partial charge in [-0.2, -0.15) is 0 Å². The lowest BCUT2D eigenvalue weighted by Gasteiger charge is -2.09. The van der Waals surface area contributed by atoms with Crippen LogP contribution in [-0.2, 0) is 0 Å². The van der Waals surface area contributed by atoms with Crippen LogP contribution in [0.15, 0.2) is 29.3 Å². The van der Waals surface area contributed by atoms with E-state index in [4.69, 9.17) is 9.47 Å². The summed E-state index contributed by atoms with van der Waals surface area (Å²) in [5.41, 5.74) is 0.841. The number of methoxy groups -OCH3 is 2. The molecule has 1 heterocycles. The van der Waals surface area contributed by atoms with Gasteiger partial charge in [0.25, 0.3) is 0 Å². The molecule has 1 aromatic heterocycles. The molecule has 0 saturated carbocycles. The van der Waals surface area contributed by atoms with Crippen molar-refractivity contribution in [2.75, 3.05) is 20.5 Å². The van der Waals surface area contributed by atoms with E-state index < -0.39 is 0 Å². The second kappa shape index (κ2) is 4.61. The molecule has 0 spiro atoms. The van der Waals surface area contributed by atoms with Crippen LogP contribution in [0.3, 0.4) is 0 Å². The summed E-state index contributed by atoms with van der Waals surface area (Å²) in [4.78, 5) is 4.53. The van der Waals surface area contributed by atoms with E-state index in [1.165, 1.54) is 0 Å². The Morgan fingerprint density at radius 1 is 1.00 bits per heavy atom. The van der Waals surface area contributed by atoms with Crippen LogP contribution in [0, 0.1) is 0 Å². The number of benzene rings is 1. The minimum Gasteiger partial charge on any atom is -0.496 e. The lowest BCUT2D eigenvalue weighted by atomic mass is 10.2. The smallest absolute Gasteiger partial charge is 0.145 e. The minimum absolute atomic E-state index is 0.770. The highest BCUT2D eigenvalue weighted by molar-refractivity contribution is 7.98. The fourth-order valence-electron chi connectivity index (χ4n) is 1.60. The van der Waals surface area contributed by atoms with Crippen molar-refractivity contribution in [1.82, 2.24) is 4.98 Å². The van der Waals surface area contributed by atoms with Crippen LogP contribution in [-0.4, -0.2) is 25.5 Å². The average Bonchev–Trinajstić information content (AvgIpc) is 2.36. The number of pyridine rings is 1. The Labute approximate surface area is 98.8 Å². The summed E-state index contributed by atoms with van der Waals surface area (Å²) in [5.74, 6) is 1.59. The van der Waals surface area contributed by atoms with E-state index in [1.807, 2.05) is 30.5 Å². The number of aromatic nitrogens is 1. The molecule has 0 atom stereocenters. The lowest BCUT2D eigenvalue weighted by molar-refractivity contribution is 0.409. The van der Waals surface area contributed by atoms with Crippen molar-refractivity contribution in [2.45, 2.75) is 5.03 Å². The number of hydrogen-bond acceptors (Lipinski definition) is 4. The van der Waals surface area contributed by atoms with Gasteiger partial charge in [0.15, 0.2) is 0 Å². The molecule has 3 nitrogen and oxygen atoms in total. The predicted octanol–water partition coefficient (Wildman–Crippen LogP) is 2.97. The summed E-state index contributed by atoms with van der Waals surface area (Å²) < 4.78 is 10.6. The Morgan fingerprint density at radius 3 is 2.31 bits per heavy atom. The highest BCUT2D eigenvalue weighted by Gasteiger charge is 2.08. The molecule has 2 rings (SSSR count). The summed E-state index contributed by atoms with van der Waals surface area (Å²) in [6.07, 6.45) is 2.00. The Bertz CT molecular complexity index is 514. The van der Waals surface area contributed by atoms with E-state index in [1.54, 1.807) is 26.0 Å². The van der Waals surface area contributed by atoms with Crippen molar-refractivity contribution in [1.29, 1.82) is 0 Å². The normalized spacial score (nSPS) is 10.4. The number of rotatable bonds is 3. The molecule has 0 saturated heterocycles. The molecule has 0 amide bonds. The minimum atomic E-state index is 0.770. The summed E-state index contributed by atoms with van der Waals surface area (Å²) >= 11 is 1.61. The molecule has 0 aliphatic heterocycles. The van der Waals surface area contributed by atoms with Gasteiger partial charge in [0.2, 0.25) is 0 Å². The van der Waals surface area contributed by atoms with Crippen LogP contribution in [0.5, 0.6) is 11.5 Å². The maximum atomic E-state index is 5.30. The number of ether oxygens (including phenoxy) is 2. The van der Waals surface area contributed by atoms with Crippen LogP contribution in [0.25, 0.3) is 10.9 Å². The maximum Gasteiger partial charge on any atom is 0.145 e. The van der Waals surface area contributed by atoms with Gasteiger partial charge in [-0.3, -0.25) is 0 Å². The second-order valence-corrected chi connectivity index (χ2v) is 4.05. The quantitative estimate of drug-likeness (QED) is 0.765. The molecular weight excluding hydrogens is 222 g/mol. The van der Waals surface area contributed by atoms with Gasteiger partial charge >= 0.3 is 0 Å². The van der Waals surface area contributed by atoms with Gasteiger partial charge < -0.3 is 9.47 Å². The Morgan fingerprint density at radius 2 is 1.69 bits per heavy atom. The number of thioether (sulfide) groups is 1. The molecule has 16 heavy (non-hydrogen) atoms. The van der Waals surface area contributed by atoms with Gasteiger partial charge in [0.1, 0.15) is 17.0 Å². The SMILES string of the molecule is COc1ccc(OC)c2nc(SC)ccc12. The van der Waals surface area contributed by atoms with E-state index >= 15 is 0 Å². The molecule has 84 valence electrons. The van der Waals surface area contributed by atoms with Crippen molar-refractivity contribution < 1.29 is 9.47 Å². The maximum absolute atomic E-state index is 5.30. The molecule has 0 fully saturated rings. The van der Waals surface area contributed by atoms with E-state index in [0.717, 1.165) is 27.4 Å². The first-order valence-electron chi connectivity index (χ1n) is 4.86. The van der Waals surface area contributed by atoms with Crippen LogP contribution in [0.4, 0.5) is 0 Å². The van der Waals surface area contributed by atoms with E-state index in [2.05, 4.69) is 4.98 Å². The molecule has 0 aliphatic rings.